The molecule has 1 saturated heterocycles. The van der Waals surface area contributed by atoms with Crippen LogP contribution in [0.3, 0.4) is 0 Å². The van der Waals surface area contributed by atoms with E-state index >= 15 is 0 Å². The van der Waals surface area contributed by atoms with Crippen LogP contribution >= 0.6 is 11.3 Å². The Morgan fingerprint density at radius 1 is 1.38 bits per heavy atom. The highest BCUT2D eigenvalue weighted by molar-refractivity contribution is 7.18. The number of fused-ring (bicyclic) bond motifs is 1. The molecule has 24 heavy (non-hydrogen) atoms. The number of hydrogen-bond acceptors (Lipinski definition) is 5. The van der Waals surface area contributed by atoms with Gasteiger partial charge < -0.3 is 10.2 Å². The second-order valence-electron chi connectivity index (χ2n) is 6.40. The summed E-state index contributed by atoms with van der Waals surface area (Å²) >= 11 is 1.71. The highest BCUT2D eigenvalue weighted by atomic mass is 32.1. The van der Waals surface area contributed by atoms with Gasteiger partial charge in [-0.2, -0.15) is 0 Å². The van der Waals surface area contributed by atoms with Gasteiger partial charge in [-0.3, -0.25) is 4.79 Å². The van der Waals surface area contributed by atoms with Crippen molar-refractivity contribution in [2.24, 2.45) is 0 Å². The first-order valence-corrected chi connectivity index (χ1v) is 9.74. The van der Waals surface area contributed by atoms with E-state index in [1.807, 2.05) is 11.8 Å². The van der Waals surface area contributed by atoms with Gasteiger partial charge in [0.15, 0.2) is 0 Å². The zero-order chi connectivity index (χ0) is 17.1. The molecule has 0 bridgehead atoms. The van der Waals surface area contributed by atoms with E-state index in [-0.39, 0.29) is 5.91 Å². The minimum atomic E-state index is 0.178. The summed E-state index contributed by atoms with van der Waals surface area (Å²) in [6, 6.07) is 2.54. The number of rotatable bonds is 5. The van der Waals surface area contributed by atoms with Crippen molar-refractivity contribution in [1.29, 1.82) is 0 Å². The lowest BCUT2D eigenvalue weighted by Gasteiger charge is -2.35. The summed E-state index contributed by atoms with van der Waals surface area (Å²) in [5.41, 5.74) is 0. The van der Waals surface area contributed by atoms with E-state index in [2.05, 4.69) is 35.2 Å². The SMILES string of the molecule is CCc1cc2c(NCC(=O)N3CCCCC3CC)nc(C)nc2s1. The number of hydrogen-bond donors (Lipinski definition) is 1. The summed E-state index contributed by atoms with van der Waals surface area (Å²) in [5, 5.41) is 4.30. The first-order valence-electron chi connectivity index (χ1n) is 8.92. The number of carbonyl (C=O) groups is 1. The summed E-state index contributed by atoms with van der Waals surface area (Å²) in [4.78, 5) is 26.0. The molecule has 0 saturated carbocycles. The van der Waals surface area contributed by atoms with Gasteiger partial charge in [0.05, 0.1) is 11.9 Å². The van der Waals surface area contributed by atoms with Crippen molar-refractivity contribution in [1.82, 2.24) is 14.9 Å². The molecule has 2 aromatic heterocycles. The molecule has 0 spiro atoms. The molecule has 1 aliphatic heterocycles. The minimum absolute atomic E-state index is 0.178. The van der Waals surface area contributed by atoms with Crippen molar-refractivity contribution >= 4 is 33.3 Å². The smallest absolute Gasteiger partial charge is 0.242 e. The fourth-order valence-corrected chi connectivity index (χ4v) is 4.41. The van der Waals surface area contributed by atoms with Crippen molar-refractivity contribution < 1.29 is 4.79 Å². The molecule has 5 nitrogen and oxygen atoms in total. The van der Waals surface area contributed by atoms with Crippen LogP contribution in [0.1, 0.15) is 50.2 Å². The molecule has 1 aliphatic rings. The van der Waals surface area contributed by atoms with Gasteiger partial charge >= 0.3 is 0 Å². The Labute approximate surface area is 147 Å². The largest absolute Gasteiger partial charge is 0.360 e. The number of nitrogens with one attached hydrogen (secondary N) is 1. The Morgan fingerprint density at radius 2 is 2.21 bits per heavy atom. The maximum absolute atomic E-state index is 12.6. The van der Waals surface area contributed by atoms with E-state index in [0.29, 0.717) is 12.6 Å². The van der Waals surface area contributed by atoms with Crippen LogP contribution in [0.5, 0.6) is 0 Å². The third kappa shape index (κ3) is 3.53. The minimum Gasteiger partial charge on any atom is -0.360 e. The van der Waals surface area contributed by atoms with Crippen molar-refractivity contribution in [3.63, 3.8) is 0 Å². The molecule has 1 unspecified atom stereocenters. The van der Waals surface area contributed by atoms with Gasteiger partial charge in [0.1, 0.15) is 16.5 Å². The van der Waals surface area contributed by atoms with Gasteiger partial charge in [-0.15, -0.1) is 11.3 Å². The molecule has 1 amide bonds. The molecule has 0 aliphatic carbocycles. The topological polar surface area (TPSA) is 58.1 Å². The van der Waals surface area contributed by atoms with E-state index in [1.165, 1.54) is 11.3 Å². The number of aryl methyl sites for hydroxylation is 2. The molecule has 1 fully saturated rings. The lowest BCUT2D eigenvalue weighted by Crippen LogP contribution is -2.45. The average molecular weight is 346 g/mol. The fourth-order valence-electron chi connectivity index (χ4n) is 3.40. The van der Waals surface area contributed by atoms with Gasteiger partial charge in [-0.25, -0.2) is 9.97 Å². The molecular weight excluding hydrogens is 320 g/mol. The number of anilines is 1. The van der Waals surface area contributed by atoms with Crippen LogP contribution in [0.25, 0.3) is 10.2 Å². The molecule has 0 aromatic carbocycles. The van der Waals surface area contributed by atoms with E-state index in [9.17, 15) is 4.79 Å². The Kier molecular flexibility index (Phi) is 5.33. The Balaban J connectivity index is 1.75. The highest BCUT2D eigenvalue weighted by Crippen LogP contribution is 2.29. The first-order chi connectivity index (χ1) is 11.6. The summed E-state index contributed by atoms with van der Waals surface area (Å²) in [5.74, 6) is 1.70. The molecular formula is C18H26N4OS. The zero-order valence-electron chi connectivity index (χ0n) is 14.8. The standard InChI is InChI=1S/C18H26N4OS/c1-4-13-8-6-7-9-22(13)16(23)11-19-17-15-10-14(5-2)24-18(15)21-12(3)20-17/h10,13H,4-9,11H2,1-3H3,(H,19,20,21). The molecule has 130 valence electrons. The molecule has 3 rings (SSSR count). The van der Waals surface area contributed by atoms with Crippen LogP contribution in [0.2, 0.25) is 0 Å². The van der Waals surface area contributed by atoms with Crippen LogP contribution in [0, 0.1) is 6.92 Å². The number of nitrogens with zero attached hydrogens (tertiary/aromatic N) is 3. The maximum Gasteiger partial charge on any atom is 0.242 e. The van der Waals surface area contributed by atoms with Crippen molar-refractivity contribution in [2.75, 3.05) is 18.4 Å². The molecule has 6 heteroatoms. The normalized spacial score (nSPS) is 18.1. The van der Waals surface area contributed by atoms with Gasteiger partial charge in [0.2, 0.25) is 5.91 Å². The summed E-state index contributed by atoms with van der Waals surface area (Å²) < 4.78 is 0. The Hall–Kier alpha value is -1.69. The number of amides is 1. The predicted octanol–water partition coefficient (Wildman–Crippen LogP) is 3.77. The Morgan fingerprint density at radius 3 is 2.96 bits per heavy atom. The van der Waals surface area contributed by atoms with Crippen molar-refractivity contribution in [2.45, 2.75) is 58.9 Å². The lowest BCUT2D eigenvalue weighted by atomic mass is 10.00. The molecule has 1 N–H and O–H groups in total. The second-order valence-corrected chi connectivity index (χ2v) is 7.52. The van der Waals surface area contributed by atoms with Crippen LogP contribution in [0.4, 0.5) is 5.82 Å². The average Bonchev–Trinajstić information content (AvgIpc) is 3.02. The quantitative estimate of drug-likeness (QED) is 0.895. The van der Waals surface area contributed by atoms with Crippen molar-refractivity contribution in [3.05, 3.63) is 16.8 Å². The monoisotopic (exact) mass is 346 g/mol. The van der Waals surface area contributed by atoms with E-state index in [4.69, 9.17) is 0 Å². The summed E-state index contributed by atoms with van der Waals surface area (Å²) in [6.45, 7) is 7.39. The third-order valence-electron chi connectivity index (χ3n) is 4.73. The van der Waals surface area contributed by atoms with Gasteiger partial charge in [-0.1, -0.05) is 13.8 Å². The van der Waals surface area contributed by atoms with Crippen LogP contribution < -0.4 is 5.32 Å². The van der Waals surface area contributed by atoms with E-state index in [1.54, 1.807) is 11.3 Å². The van der Waals surface area contributed by atoms with Gasteiger partial charge in [0.25, 0.3) is 0 Å². The molecule has 2 aromatic rings. The summed E-state index contributed by atoms with van der Waals surface area (Å²) in [6.07, 6.45) is 5.50. The number of piperidine rings is 1. The zero-order valence-corrected chi connectivity index (χ0v) is 15.6. The molecule has 1 atom stereocenters. The Bertz CT molecular complexity index is 727. The second kappa shape index (κ2) is 7.47. The third-order valence-corrected chi connectivity index (χ3v) is 5.90. The number of likely N-dealkylation sites (tertiary alicyclic amines) is 1. The predicted molar refractivity (Wildman–Crippen MR) is 99.7 cm³/mol. The molecule has 3 heterocycles. The van der Waals surface area contributed by atoms with Crippen LogP contribution in [-0.2, 0) is 11.2 Å². The van der Waals surface area contributed by atoms with Crippen LogP contribution in [0.15, 0.2) is 6.07 Å². The number of aromatic nitrogens is 2. The lowest BCUT2D eigenvalue weighted by molar-refractivity contribution is -0.133. The fraction of sp³-hybridized carbons (Fsp3) is 0.611. The highest BCUT2D eigenvalue weighted by Gasteiger charge is 2.25. The van der Waals surface area contributed by atoms with Gasteiger partial charge in [0, 0.05) is 17.5 Å². The van der Waals surface area contributed by atoms with Gasteiger partial charge in [-0.05, 0) is 45.1 Å². The maximum atomic E-state index is 12.6. The number of thiophene rings is 1. The number of carbonyl (C=O) groups excluding carboxylic acids is 1. The summed E-state index contributed by atoms with van der Waals surface area (Å²) in [7, 11) is 0. The van der Waals surface area contributed by atoms with E-state index < -0.39 is 0 Å². The van der Waals surface area contributed by atoms with E-state index in [0.717, 1.165) is 54.1 Å². The first kappa shape index (κ1) is 17.1. The van der Waals surface area contributed by atoms with Crippen LogP contribution in [-0.4, -0.2) is 39.9 Å². The molecule has 0 radical (unpaired) electrons. The van der Waals surface area contributed by atoms with Crippen molar-refractivity contribution in [3.8, 4) is 0 Å².